The fourth-order valence-electron chi connectivity index (χ4n) is 3.55. The molecule has 3 heterocycles. The second-order valence-electron chi connectivity index (χ2n) is 7.37. The van der Waals surface area contributed by atoms with Crippen LogP contribution in [0.3, 0.4) is 0 Å². The summed E-state index contributed by atoms with van der Waals surface area (Å²) in [6.45, 7) is 1.56. The van der Waals surface area contributed by atoms with E-state index in [4.69, 9.17) is 19.4 Å². The first kappa shape index (κ1) is 22.9. The van der Waals surface area contributed by atoms with E-state index in [9.17, 15) is 21.6 Å². The Labute approximate surface area is 172 Å². The van der Waals surface area contributed by atoms with Gasteiger partial charge < -0.3 is 14.6 Å². The first-order chi connectivity index (χ1) is 14.1. The van der Waals surface area contributed by atoms with E-state index in [0.29, 0.717) is 19.8 Å². The molecule has 0 amide bonds. The van der Waals surface area contributed by atoms with Crippen molar-refractivity contribution in [3.8, 4) is 0 Å². The highest BCUT2D eigenvalue weighted by Crippen LogP contribution is 2.39. The van der Waals surface area contributed by atoms with Gasteiger partial charge in [0.15, 0.2) is 0 Å². The van der Waals surface area contributed by atoms with E-state index < -0.39 is 22.2 Å². The van der Waals surface area contributed by atoms with Crippen molar-refractivity contribution in [1.29, 1.82) is 0 Å². The van der Waals surface area contributed by atoms with Crippen molar-refractivity contribution in [1.82, 2.24) is 9.29 Å². The van der Waals surface area contributed by atoms with Crippen LogP contribution in [0.5, 0.6) is 0 Å². The maximum absolute atomic E-state index is 12.7. The van der Waals surface area contributed by atoms with Gasteiger partial charge in [-0.1, -0.05) is 0 Å². The minimum Gasteiger partial charge on any atom is -0.475 e. The van der Waals surface area contributed by atoms with Crippen LogP contribution in [0.15, 0.2) is 24.5 Å². The number of sulfonamides is 1. The molecule has 8 nitrogen and oxygen atoms in total. The highest BCUT2D eigenvalue weighted by atomic mass is 32.2. The number of carbonyl (C=O) groups is 1. The van der Waals surface area contributed by atoms with E-state index in [1.807, 2.05) is 12.1 Å². The van der Waals surface area contributed by atoms with Crippen LogP contribution in [0, 0.1) is 0 Å². The molecule has 1 aromatic heterocycles. The van der Waals surface area contributed by atoms with E-state index in [0.717, 1.165) is 31.2 Å². The molecule has 3 aliphatic rings. The van der Waals surface area contributed by atoms with Crippen LogP contribution in [-0.4, -0.2) is 71.6 Å². The molecule has 0 unspecified atom stereocenters. The van der Waals surface area contributed by atoms with Gasteiger partial charge in [0.1, 0.15) is 6.10 Å². The number of carboxylic acid groups (broad SMARTS) is 1. The third kappa shape index (κ3) is 5.48. The van der Waals surface area contributed by atoms with Crippen LogP contribution in [0.2, 0.25) is 0 Å². The topological polar surface area (TPSA) is 106 Å². The minimum absolute atomic E-state index is 0.0585. The summed E-state index contributed by atoms with van der Waals surface area (Å²) < 4.78 is 70.7. The smallest absolute Gasteiger partial charge is 0.475 e. The maximum atomic E-state index is 12.7. The van der Waals surface area contributed by atoms with Gasteiger partial charge in [-0.2, -0.15) is 17.5 Å². The molecule has 0 aromatic carbocycles. The van der Waals surface area contributed by atoms with Crippen molar-refractivity contribution in [3.63, 3.8) is 0 Å². The van der Waals surface area contributed by atoms with Gasteiger partial charge in [-0.15, -0.1) is 0 Å². The Balaban J connectivity index is 0.000000318. The number of carboxylic acids is 1. The number of ether oxygens (including phenoxy) is 2. The maximum Gasteiger partial charge on any atom is 0.490 e. The molecule has 1 aliphatic carbocycles. The van der Waals surface area contributed by atoms with Gasteiger partial charge in [0.05, 0.1) is 24.0 Å². The number of pyridine rings is 1. The van der Waals surface area contributed by atoms with Crippen LogP contribution in [0.4, 0.5) is 13.2 Å². The molecule has 0 bridgehead atoms. The van der Waals surface area contributed by atoms with Gasteiger partial charge in [-0.25, -0.2) is 13.2 Å². The van der Waals surface area contributed by atoms with Crippen molar-refractivity contribution >= 4 is 16.0 Å². The summed E-state index contributed by atoms with van der Waals surface area (Å²) in [5, 5.41) is 6.95. The van der Waals surface area contributed by atoms with Gasteiger partial charge in [0, 0.05) is 25.5 Å². The Morgan fingerprint density at radius 3 is 2.47 bits per heavy atom. The summed E-state index contributed by atoms with van der Waals surface area (Å²) >= 11 is 0. The lowest BCUT2D eigenvalue weighted by Crippen LogP contribution is -2.44. The van der Waals surface area contributed by atoms with Gasteiger partial charge >= 0.3 is 12.1 Å². The monoisotopic (exact) mass is 452 g/mol. The second kappa shape index (κ2) is 9.16. The lowest BCUT2D eigenvalue weighted by Gasteiger charge is -2.31. The number of nitrogens with zero attached hydrogens (tertiary/aromatic N) is 2. The summed E-state index contributed by atoms with van der Waals surface area (Å²) in [5.74, 6) is -2.76. The van der Waals surface area contributed by atoms with Crippen molar-refractivity contribution in [3.05, 3.63) is 30.1 Å². The van der Waals surface area contributed by atoms with Gasteiger partial charge in [0.2, 0.25) is 10.0 Å². The zero-order valence-corrected chi connectivity index (χ0v) is 16.8. The van der Waals surface area contributed by atoms with Crippen LogP contribution >= 0.6 is 0 Å². The molecule has 168 valence electrons. The van der Waals surface area contributed by atoms with Crippen LogP contribution in [0.25, 0.3) is 0 Å². The highest BCUT2D eigenvalue weighted by Gasteiger charge is 2.53. The predicted octanol–water partition coefficient (Wildman–Crippen LogP) is 1.96. The van der Waals surface area contributed by atoms with Gasteiger partial charge in [0.25, 0.3) is 0 Å². The molecule has 0 spiro atoms. The van der Waals surface area contributed by atoms with Gasteiger partial charge in [-0.3, -0.25) is 4.98 Å². The van der Waals surface area contributed by atoms with E-state index in [-0.39, 0.29) is 23.5 Å². The molecule has 30 heavy (non-hydrogen) atoms. The summed E-state index contributed by atoms with van der Waals surface area (Å²) in [5.41, 5.74) is 1.04. The molecule has 0 radical (unpaired) electrons. The lowest BCUT2D eigenvalue weighted by molar-refractivity contribution is -0.192. The van der Waals surface area contributed by atoms with Crippen LogP contribution < -0.4 is 0 Å². The minimum atomic E-state index is -5.08. The first-order valence-corrected chi connectivity index (χ1v) is 11.0. The number of hydrogen-bond donors (Lipinski definition) is 1. The van der Waals surface area contributed by atoms with E-state index >= 15 is 0 Å². The number of halogens is 3. The normalized spacial score (nSPS) is 27.1. The number of hydrogen-bond acceptors (Lipinski definition) is 6. The fraction of sp³-hybridized carbons (Fsp3) is 0.667. The number of aromatic nitrogens is 1. The molecule has 3 fully saturated rings. The molecule has 1 saturated carbocycles. The average molecular weight is 452 g/mol. The summed E-state index contributed by atoms with van der Waals surface area (Å²) in [6, 6.07) is 3.76. The SMILES string of the molecule is O=C(O)C(F)(F)F.O=S(=O)(C1CC1)N1C[C@@H](OCc2ccncc2)[C@@H]2OCCC[C@@H]21. The Hall–Kier alpha value is -1.76. The quantitative estimate of drug-likeness (QED) is 0.728. The molecular formula is C18H23F3N2O6S. The van der Waals surface area contributed by atoms with Gasteiger partial charge in [-0.05, 0) is 43.4 Å². The molecule has 2 saturated heterocycles. The fourth-order valence-corrected chi connectivity index (χ4v) is 5.62. The Morgan fingerprint density at radius 1 is 1.27 bits per heavy atom. The molecule has 1 aromatic rings. The first-order valence-electron chi connectivity index (χ1n) is 9.53. The molecule has 4 rings (SSSR count). The van der Waals surface area contributed by atoms with E-state index in [2.05, 4.69) is 4.98 Å². The average Bonchev–Trinajstić information content (AvgIpc) is 3.49. The zero-order chi connectivity index (χ0) is 21.9. The van der Waals surface area contributed by atoms with Crippen LogP contribution in [-0.2, 0) is 30.9 Å². The lowest BCUT2D eigenvalue weighted by atomic mass is 10.0. The van der Waals surface area contributed by atoms with Crippen molar-refractivity contribution in [2.24, 2.45) is 0 Å². The zero-order valence-electron chi connectivity index (χ0n) is 16.0. The number of fused-ring (bicyclic) bond motifs is 1. The summed E-state index contributed by atoms with van der Waals surface area (Å²) in [6.07, 6.45) is 1.41. The Bertz CT molecular complexity index is 832. The van der Waals surface area contributed by atoms with E-state index in [1.54, 1.807) is 16.7 Å². The number of alkyl halides is 3. The Kier molecular flexibility index (Phi) is 7.00. The summed E-state index contributed by atoms with van der Waals surface area (Å²) in [4.78, 5) is 12.9. The summed E-state index contributed by atoms with van der Waals surface area (Å²) in [7, 11) is -3.19. The number of aliphatic carboxylic acids is 1. The largest absolute Gasteiger partial charge is 0.490 e. The van der Waals surface area contributed by atoms with Crippen LogP contribution in [0.1, 0.15) is 31.2 Å². The molecule has 1 N–H and O–H groups in total. The molecule has 12 heteroatoms. The second-order valence-corrected chi connectivity index (χ2v) is 9.53. The highest BCUT2D eigenvalue weighted by molar-refractivity contribution is 7.90. The third-order valence-corrected chi connectivity index (χ3v) is 7.55. The molecule has 3 atom stereocenters. The third-order valence-electron chi connectivity index (χ3n) is 5.16. The van der Waals surface area contributed by atoms with E-state index in [1.165, 1.54) is 0 Å². The molecule has 2 aliphatic heterocycles. The van der Waals surface area contributed by atoms with Crippen molar-refractivity contribution < 1.29 is 41.0 Å². The van der Waals surface area contributed by atoms with Crippen molar-refractivity contribution in [2.75, 3.05) is 13.2 Å². The standard InChI is InChI=1S/C16H22N2O4S.C2HF3O2/c19-23(20,13-3-4-13)18-10-15(16-14(18)2-1-9-21-16)22-11-12-5-7-17-8-6-12;3-2(4,5)1(6)7/h5-8,13-16H,1-4,9-11H2;(H,6,7)/t14-,15+,16+;/m0./s1. The molecular weight excluding hydrogens is 429 g/mol. The number of rotatable bonds is 5. The van der Waals surface area contributed by atoms with Crippen molar-refractivity contribution in [2.45, 2.75) is 62.0 Å². The Morgan fingerprint density at radius 2 is 1.90 bits per heavy atom. The predicted molar refractivity (Wildman–Crippen MR) is 97.9 cm³/mol.